The second-order valence-electron chi connectivity index (χ2n) is 8.37. The van der Waals surface area contributed by atoms with E-state index in [1.165, 1.54) is 0 Å². The molecule has 0 bridgehead atoms. The molecule has 1 amide bonds. The van der Waals surface area contributed by atoms with E-state index in [0.717, 1.165) is 11.1 Å². The van der Waals surface area contributed by atoms with E-state index in [2.05, 4.69) is 5.32 Å². The van der Waals surface area contributed by atoms with Gasteiger partial charge in [-0.2, -0.15) is 0 Å². The quantitative estimate of drug-likeness (QED) is 0.204. The van der Waals surface area contributed by atoms with Gasteiger partial charge in [0.25, 0.3) is 0 Å². The molecular weight excluding hydrogens is 556 g/mol. The largest absolute Gasteiger partial charge is 0.497 e. The molecule has 6 nitrogen and oxygen atoms in total. The molecule has 37 heavy (non-hydrogen) atoms. The first-order valence-corrected chi connectivity index (χ1v) is 13.0. The second kappa shape index (κ2) is 12.8. The Morgan fingerprint density at radius 3 is 2.49 bits per heavy atom. The van der Waals surface area contributed by atoms with E-state index >= 15 is 0 Å². The van der Waals surface area contributed by atoms with Crippen molar-refractivity contribution >= 4 is 58.0 Å². The lowest BCUT2D eigenvalue weighted by Crippen LogP contribution is -2.38. The summed E-state index contributed by atoms with van der Waals surface area (Å²) in [5.41, 5.74) is 1.74. The molecule has 0 spiro atoms. The molecular formula is C27H25Cl4N3O3. The number of hydrogen-bond donors (Lipinski definition) is 1. The van der Waals surface area contributed by atoms with Gasteiger partial charge in [0, 0.05) is 39.2 Å². The molecule has 0 saturated carbocycles. The number of alkyl halides is 1. The van der Waals surface area contributed by atoms with Gasteiger partial charge in [-0.15, -0.1) is 0 Å². The Bertz CT molecular complexity index is 1260. The zero-order valence-electron chi connectivity index (χ0n) is 19.9. The average Bonchev–Trinajstić information content (AvgIpc) is 3.34. The SMILES string of the molecule is COc1cccc(NC(=O)CN2C=CN(C(Cl)C(OCc3ccc(Cl)cc3Cl)c3ccc(Cl)cc3)C2)c1. The van der Waals surface area contributed by atoms with Gasteiger partial charge in [-0.05, 0) is 47.5 Å². The van der Waals surface area contributed by atoms with E-state index < -0.39 is 11.6 Å². The van der Waals surface area contributed by atoms with Crippen molar-refractivity contribution in [2.75, 3.05) is 25.6 Å². The molecule has 1 aliphatic heterocycles. The minimum atomic E-state index is -0.574. The maximum atomic E-state index is 12.6. The van der Waals surface area contributed by atoms with E-state index in [9.17, 15) is 4.79 Å². The Morgan fingerprint density at radius 1 is 1.00 bits per heavy atom. The molecule has 0 radical (unpaired) electrons. The van der Waals surface area contributed by atoms with Crippen LogP contribution in [-0.4, -0.2) is 41.5 Å². The number of methoxy groups -OCH3 is 1. The zero-order chi connectivity index (χ0) is 26.4. The number of benzene rings is 3. The highest BCUT2D eigenvalue weighted by molar-refractivity contribution is 6.35. The van der Waals surface area contributed by atoms with Gasteiger partial charge in [0.2, 0.25) is 5.91 Å². The van der Waals surface area contributed by atoms with Crippen molar-refractivity contribution in [3.8, 4) is 5.75 Å². The number of nitrogens with zero attached hydrogens (tertiary/aromatic N) is 2. The van der Waals surface area contributed by atoms with Gasteiger partial charge in [0.1, 0.15) is 17.4 Å². The lowest BCUT2D eigenvalue weighted by Gasteiger charge is -2.31. The minimum Gasteiger partial charge on any atom is -0.497 e. The van der Waals surface area contributed by atoms with Gasteiger partial charge < -0.3 is 24.6 Å². The first-order chi connectivity index (χ1) is 17.8. The van der Waals surface area contributed by atoms with Crippen LogP contribution >= 0.6 is 46.4 Å². The standard InChI is InChI=1S/C27H25Cl4N3O3/c1-36-23-4-2-3-22(14-23)32-25(35)15-33-11-12-34(17-33)27(31)26(18-5-8-20(28)9-6-18)37-16-19-7-10-21(29)13-24(19)30/h2-14,26-27H,15-17H2,1H3,(H,32,35). The van der Waals surface area contributed by atoms with Crippen molar-refractivity contribution in [3.63, 3.8) is 0 Å². The zero-order valence-corrected chi connectivity index (χ0v) is 22.9. The lowest BCUT2D eigenvalue weighted by atomic mass is 10.1. The molecule has 0 aliphatic carbocycles. The van der Waals surface area contributed by atoms with Crippen LogP contribution in [0.1, 0.15) is 17.2 Å². The summed E-state index contributed by atoms with van der Waals surface area (Å²) < 4.78 is 11.5. The normalized spacial score (nSPS) is 14.5. The summed E-state index contributed by atoms with van der Waals surface area (Å²) in [5.74, 6) is 0.511. The summed E-state index contributed by atoms with van der Waals surface area (Å²) in [6, 6.07) is 19.8. The van der Waals surface area contributed by atoms with Gasteiger partial charge in [0.05, 0.1) is 26.9 Å². The predicted octanol–water partition coefficient (Wildman–Crippen LogP) is 7.16. The number of hydrogen-bond acceptors (Lipinski definition) is 5. The van der Waals surface area contributed by atoms with Gasteiger partial charge in [-0.3, -0.25) is 4.79 Å². The highest BCUT2D eigenvalue weighted by Crippen LogP contribution is 2.33. The molecule has 3 aromatic rings. The smallest absolute Gasteiger partial charge is 0.243 e. The Balaban J connectivity index is 1.40. The molecule has 2 atom stereocenters. The van der Waals surface area contributed by atoms with Crippen LogP contribution in [0, 0.1) is 0 Å². The first kappa shape index (κ1) is 27.4. The molecule has 0 fully saturated rings. The summed E-state index contributed by atoms with van der Waals surface area (Å²) >= 11 is 25.4. The van der Waals surface area contributed by atoms with E-state index in [1.807, 2.05) is 58.6 Å². The van der Waals surface area contributed by atoms with Gasteiger partial charge in [0.15, 0.2) is 0 Å². The number of halogens is 4. The summed E-state index contributed by atoms with van der Waals surface area (Å²) in [5, 5.41) is 4.57. The number of amides is 1. The fourth-order valence-electron chi connectivity index (χ4n) is 3.81. The number of carbonyl (C=O) groups excluding carboxylic acids is 1. The first-order valence-electron chi connectivity index (χ1n) is 11.4. The van der Waals surface area contributed by atoms with E-state index in [4.69, 9.17) is 55.9 Å². The van der Waals surface area contributed by atoms with Crippen LogP contribution in [-0.2, 0) is 16.1 Å². The van der Waals surface area contributed by atoms with Gasteiger partial charge in [-0.1, -0.05) is 70.7 Å². The van der Waals surface area contributed by atoms with Crippen LogP contribution in [0.3, 0.4) is 0 Å². The van der Waals surface area contributed by atoms with Crippen molar-refractivity contribution in [3.05, 3.63) is 105 Å². The molecule has 2 unspecified atom stereocenters. The number of anilines is 1. The molecule has 0 saturated heterocycles. The van der Waals surface area contributed by atoms with E-state index in [0.29, 0.717) is 33.2 Å². The summed E-state index contributed by atoms with van der Waals surface area (Å²) in [6.07, 6.45) is 3.16. The third-order valence-corrected chi connectivity index (χ3v) is 7.03. The topological polar surface area (TPSA) is 54.0 Å². The molecule has 4 rings (SSSR count). The van der Waals surface area contributed by atoms with Crippen LogP contribution < -0.4 is 10.1 Å². The molecule has 1 heterocycles. The minimum absolute atomic E-state index is 0.153. The van der Waals surface area contributed by atoms with Crippen LogP contribution in [0.2, 0.25) is 15.1 Å². The van der Waals surface area contributed by atoms with Gasteiger partial charge >= 0.3 is 0 Å². The number of nitrogens with one attached hydrogen (secondary N) is 1. The third-order valence-electron chi connectivity index (χ3n) is 5.71. The highest BCUT2D eigenvalue weighted by atomic mass is 35.5. The number of carbonyl (C=O) groups is 1. The average molecular weight is 581 g/mol. The predicted molar refractivity (Wildman–Crippen MR) is 149 cm³/mol. The maximum Gasteiger partial charge on any atom is 0.243 e. The van der Waals surface area contributed by atoms with Crippen LogP contribution in [0.15, 0.2) is 79.1 Å². The van der Waals surface area contributed by atoms with Crippen molar-refractivity contribution < 1.29 is 14.3 Å². The number of ether oxygens (including phenoxy) is 2. The van der Waals surface area contributed by atoms with Gasteiger partial charge in [-0.25, -0.2) is 0 Å². The van der Waals surface area contributed by atoms with E-state index in [-0.39, 0.29) is 19.1 Å². The third kappa shape index (κ3) is 7.46. The highest BCUT2D eigenvalue weighted by Gasteiger charge is 2.30. The van der Waals surface area contributed by atoms with Crippen molar-refractivity contribution in [1.82, 2.24) is 9.80 Å². The molecule has 0 aromatic heterocycles. The fourth-order valence-corrected chi connectivity index (χ4v) is 4.75. The Labute approximate surface area is 236 Å². The van der Waals surface area contributed by atoms with Crippen molar-refractivity contribution in [1.29, 1.82) is 0 Å². The Hall–Kier alpha value is -2.61. The fraction of sp³-hybridized carbons (Fsp3) is 0.222. The van der Waals surface area contributed by atoms with Crippen LogP contribution in [0.25, 0.3) is 0 Å². The van der Waals surface area contributed by atoms with Crippen LogP contribution in [0.5, 0.6) is 5.75 Å². The summed E-state index contributed by atoms with van der Waals surface area (Å²) in [6.45, 7) is 0.798. The summed E-state index contributed by atoms with van der Waals surface area (Å²) in [4.78, 5) is 16.4. The monoisotopic (exact) mass is 579 g/mol. The van der Waals surface area contributed by atoms with E-state index in [1.54, 1.807) is 37.4 Å². The lowest BCUT2D eigenvalue weighted by molar-refractivity contribution is -0.117. The van der Waals surface area contributed by atoms with Crippen LogP contribution in [0.4, 0.5) is 5.69 Å². The Morgan fingerprint density at radius 2 is 1.76 bits per heavy atom. The summed E-state index contributed by atoms with van der Waals surface area (Å²) in [7, 11) is 1.58. The number of rotatable bonds is 10. The molecule has 194 valence electrons. The molecule has 1 aliphatic rings. The van der Waals surface area contributed by atoms with Crippen molar-refractivity contribution in [2.45, 2.75) is 18.2 Å². The van der Waals surface area contributed by atoms with Crippen molar-refractivity contribution in [2.24, 2.45) is 0 Å². The Kier molecular flexibility index (Phi) is 9.46. The maximum absolute atomic E-state index is 12.6. The molecule has 3 aromatic carbocycles. The second-order valence-corrected chi connectivity index (χ2v) is 10.1. The molecule has 1 N–H and O–H groups in total. The molecule has 10 heteroatoms.